The lowest BCUT2D eigenvalue weighted by atomic mass is 9.79. The molecule has 0 bridgehead atoms. The van der Waals surface area contributed by atoms with Crippen LogP contribution in [0.4, 0.5) is 0 Å². The molecule has 1 aromatic rings. The van der Waals surface area contributed by atoms with Crippen LogP contribution in [0.3, 0.4) is 0 Å². The van der Waals surface area contributed by atoms with Crippen molar-refractivity contribution >= 4 is 27.5 Å². The van der Waals surface area contributed by atoms with E-state index in [0.717, 1.165) is 48.6 Å². The predicted molar refractivity (Wildman–Crippen MR) is 87.8 cm³/mol. The standard InChI is InChI=1S/C16H21BrClNO2/c1-19-15(13-8-12(18)2-3-14(13)17)11-4-6-21-16(9-11)5-7-20-10-16/h2-3,8,11,15,19H,4-7,9-10H2,1H3. The summed E-state index contributed by atoms with van der Waals surface area (Å²) in [5.41, 5.74) is 1.16. The lowest BCUT2D eigenvalue weighted by molar-refractivity contribution is -0.103. The van der Waals surface area contributed by atoms with E-state index in [4.69, 9.17) is 21.1 Å². The number of nitrogens with one attached hydrogen (secondary N) is 1. The molecule has 0 aromatic heterocycles. The molecule has 2 saturated heterocycles. The summed E-state index contributed by atoms with van der Waals surface area (Å²) in [7, 11) is 2.02. The van der Waals surface area contributed by atoms with E-state index in [0.29, 0.717) is 5.92 Å². The van der Waals surface area contributed by atoms with E-state index in [9.17, 15) is 0 Å². The molecule has 21 heavy (non-hydrogen) atoms. The van der Waals surface area contributed by atoms with Gasteiger partial charge in [0.1, 0.15) is 0 Å². The summed E-state index contributed by atoms with van der Waals surface area (Å²) in [6.45, 7) is 2.36. The Hall–Kier alpha value is -0.130. The van der Waals surface area contributed by atoms with Crippen LogP contribution < -0.4 is 5.32 Å². The summed E-state index contributed by atoms with van der Waals surface area (Å²) in [5, 5.41) is 4.25. The van der Waals surface area contributed by atoms with E-state index in [2.05, 4.69) is 27.3 Å². The molecule has 3 unspecified atom stereocenters. The van der Waals surface area contributed by atoms with Gasteiger partial charge >= 0.3 is 0 Å². The van der Waals surface area contributed by atoms with Crippen LogP contribution in [-0.4, -0.2) is 32.5 Å². The number of hydrogen-bond donors (Lipinski definition) is 1. The molecule has 2 aliphatic heterocycles. The van der Waals surface area contributed by atoms with Gasteiger partial charge in [0.2, 0.25) is 0 Å². The molecule has 2 fully saturated rings. The summed E-state index contributed by atoms with van der Waals surface area (Å²) >= 11 is 9.84. The van der Waals surface area contributed by atoms with Gasteiger partial charge in [0, 0.05) is 35.2 Å². The van der Waals surface area contributed by atoms with E-state index in [1.807, 2.05) is 19.2 Å². The minimum Gasteiger partial charge on any atom is -0.378 e. The van der Waals surface area contributed by atoms with Crippen LogP contribution in [0.2, 0.25) is 5.02 Å². The molecule has 1 N–H and O–H groups in total. The first kappa shape index (κ1) is 15.8. The molecule has 0 radical (unpaired) electrons. The minimum absolute atomic E-state index is 0.0664. The van der Waals surface area contributed by atoms with Crippen molar-refractivity contribution in [3.63, 3.8) is 0 Å². The highest BCUT2D eigenvalue weighted by Gasteiger charge is 2.43. The largest absolute Gasteiger partial charge is 0.378 e. The third-order valence-corrected chi connectivity index (χ3v) is 5.63. The Morgan fingerprint density at radius 3 is 3.00 bits per heavy atom. The fourth-order valence-corrected chi connectivity index (χ4v) is 4.29. The molecule has 1 aromatic carbocycles. The summed E-state index contributed by atoms with van der Waals surface area (Å²) in [6, 6.07) is 6.27. The van der Waals surface area contributed by atoms with Crippen molar-refractivity contribution in [2.75, 3.05) is 26.9 Å². The molecule has 5 heteroatoms. The second-order valence-corrected chi connectivity index (χ2v) is 7.31. The lowest BCUT2D eigenvalue weighted by Gasteiger charge is -2.40. The average Bonchev–Trinajstić information content (AvgIpc) is 2.91. The Morgan fingerprint density at radius 1 is 1.43 bits per heavy atom. The average molecular weight is 375 g/mol. The highest BCUT2D eigenvalue weighted by molar-refractivity contribution is 9.10. The first-order valence-electron chi connectivity index (χ1n) is 7.47. The van der Waals surface area contributed by atoms with Gasteiger partial charge in [-0.15, -0.1) is 0 Å². The molecule has 0 saturated carbocycles. The van der Waals surface area contributed by atoms with Gasteiger partial charge in [-0.05, 0) is 49.6 Å². The minimum atomic E-state index is -0.0664. The van der Waals surface area contributed by atoms with E-state index in [1.54, 1.807) is 0 Å². The lowest BCUT2D eigenvalue weighted by Crippen LogP contribution is -2.43. The summed E-state index contributed by atoms with van der Waals surface area (Å²) in [6.07, 6.45) is 3.11. The Kier molecular flexibility index (Phi) is 4.91. The number of benzene rings is 1. The van der Waals surface area contributed by atoms with Crippen LogP contribution in [0.15, 0.2) is 22.7 Å². The number of halogens is 2. The number of rotatable bonds is 3. The van der Waals surface area contributed by atoms with Crippen LogP contribution in [-0.2, 0) is 9.47 Å². The van der Waals surface area contributed by atoms with Gasteiger partial charge in [-0.25, -0.2) is 0 Å². The normalized spacial score (nSPS) is 30.7. The molecule has 3 rings (SSSR count). The van der Waals surface area contributed by atoms with E-state index >= 15 is 0 Å². The van der Waals surface area contributed by atoms with Crippen LogP contribution in [0.5, 0.6) is 0 Å². The summed E-state index contributed by atoms with van der Waals surface area (Å²) in [5.74, 6) is 0.528. The molecule has 2 heterocycles. The summed E-state index contributed by atoms with van der Waals surface area (Å²) in [4.78, 5) is 0. The third-order valence-electron chi connectivity index (χ3n) is 4.67. The monoisotopic (exact) mass is 373 g/mol. The van der Waals surface area contributed by atoms with E-state index < -0.39 is 0 Å². The van der Waals surface area contributed by atoms with Crippen LogP contribution in [0.25, 0.3) is 0 Å². The first-order valence-corrected chi connectivity index (χ1v) is 8.64. The molecule has 2 aliphatic rings. The smallest absolute Gasteiger partial charge is 0.0940 e. The fourth-order valence-electron chi connectivity index (χ4n) is 3.61. The van der Waals surface area contributed by atoms with Gasteiger partial charge in [-0.2, -0.15) is 0 Å². The maximum Gasteiger partial charge on any atom is 0.0940 e. The molecule has 1 spiro atoms. The number of ether oxygens (including phenoxy) is 2. The topological polar surface area (TPSA) is 30.5 Å². The molecule has 3 atom stereocenters. The van der Waals surface area contributed by atoms with Gasteiger partial charge in [-0.3, -0.25) is 0 Å². The molecular weight excluding hydrogens is 354 g/mol. The molecular formula is C16H21BrClNO2. The second-order valence-electron chi connectivity index (χ2n) is 6.02. The van der Waals surface area contributed by atoms with Crippen molar-refractivity contribution in [2.24, 2.45) is 5.92 Å². The Morgan fingerprint density at radius 2 is 2.29 bits per heavy atom. The zero-order valence-electron chi connectivity index (χ0n) is 12.2. The van der Waals surface area contributed by atoms with E-state index in [1.165, 1.54) is 5.56 Å². The van der Waals surface area contributed by atoms with Crippen molar-refractivity contribution in [1.82, 2.24) is 5.32 Å². The Balaban J connectivity index is 1.84. The highest BCUT2D eigenvalue weighted by Crippen LogP contribution is 2.42. The number of hydrogen-bond acceptors (Lipinski definition) is 3. The highest BCUT2D eigenvalue weighted by atomic mass is 79.9. The molecule has 0 amide bonds. The molecule has 3 nitrogen and oxygen atoms in total. The van der Waals surface area contributed by atoms with Crippen molar-refractivity contribution in [1.29, 1.82) is 0 Å². The van der Waals surface area contributed by atoms with Crippen LogP contribution in [0, 0.1) is 5.92 Å². The van der Waals surface area contributed by atoms with Gasteiger partial charge in [0.15, 0.2) is 0 Å². The zero-order valence-corrected chi connectivity index (χ0v) is 14.5. The van der Waals surface area contributed by atoms with Crippen LogP contribution in [0.1, 0.15) is 30.9 Å². The third kappa shape index (κ3) is 3.30. The van der Waals surface area contributed by atoms with Gasteiger partial charge in [0.25, 0.3) is 0 Å². The van der Waals surface area contributed by atoms with Crippen molar-refractivity contribution in [2.45, 2.75) is 30.9 Å². The van der Waals surface area contributed by atoms with Gasteiger partial charge in [0.05, 0.1) is 12.2 Å². The zero-order chi connectivity index (χ0) is 14.9. The second kappa shape index (κ2) is 6.55. The Labute approximate surface area is 139 Å². The van der Waals surface area contributed by atoms with Crippen LogP contribution >= 0.6 is 27.5 Å². The predicted octanol–water partition coefficient (Wildman–Crippen LogP) is 3.95. The van der Waals surface area contributed by atoms with Crippen molar-refractivity contribution < 1.29 is 9.47 Å². The maximum atomic E-state index is 6.18. The summed E-state index contributed by atoms with van der Waals surface area (Å²) < 4.78 is 12.7. The fraction of sp³-hybridized carbons (Fsp3) is 0.625. The van der Waals surface area contributed by atoms with Gasteiger partial charge in [-0.1, -0.05) is 27.5 Å². The Bertz CT molecular complexity index is 505. The van der Waals surface area contributed by atoms with Crippen molar-refractivity contribution in [3.05, 3.63) is 33.3 Å². The van der Waals surface area contributed by atoms with Crippen molar-refractivity contribution in [3.8, 4) is 0 Å². The molecule has 0 aliphatic carbocycles. The maximum absolute atomic E-state index is 6.18. The van der Waals surface area contributed by atoms with Gasteiger partial charge < -0.3 is 14.8 Å². The SMILES string of the molecule is CNC(c1cc(Cl)ccc1Br)C1CCOC2(CCOC2)C1. The van der Waals surface area contributed by atoms with E-state index in [-0.39, 0.29) is 11.6 Å². The first-order chi connectivity index (χ1) is 10.1. The quantitative estimate of drug-likeness (QED) is 0.869. The molecule has 116 valence electrons.